The summed E-state index contributed by atoms with van der Waals surface area (Å²) in [5, 5.41) is 10.0. The van der Waals surface area contributed by atoms with Crippen LogP contribution < -0.4 is 5.32 Å². The van der Waals surface area contributed by atoms with Crippen molar-refractivity contribution in [3.8, 4) is 0 Å². The first-order valence-electron chi connectivity index (χ1n) is 10.3. The van der Waals surface area contributed by atoms with E-state index in [9.17, 15) is 4.79 Å². The monoisotopic (exact) mass is 420 g/mol. The summed E-state index contributed by atoms with van der Waals surface area (Å²) in [6.07, 6.45) is 7.90. The molecule has 0 unspecified atom stereocenters. The number of imidazole rings is 1. The SMILES string of the molecule is O=C(c1nc2sccn2c1CN[C@H](Cn1cccn1)c1ccccc1)N1CCCC1. The van der Waals surface area contributed by atoms with Gasteiger partial charge in [0.25, 0.3) is 5.91 Å². The van der Waals surface area contributed by atoms with Crippen LogP contribution >= 0.6 is 11.3 Å². The van der Waals surface area contributed by atoms with Crippen molar-refractivity contribution >= 4 is 22.2 Å². The molecule has 7 nitrogen and oxygen atoms in total. The molecule has 5 rings (SSSR count). The highest BCUT2D eigenvalue weighted by Gasteiger charge is 2.26. The Kier molecular flexibility index (Phi) is 5.33. The average molecular weight is 421 g/mol. The van der Waals surface area contributed by atoms with E-state index in [0.717, 1.165) is 36.6 Å². The molecule has 8 heteroatoms. The van der Waals surface area contributed by atoms with E-state index in [-0.39, 0.29) is 11.9 Å². The molecule has 4 aromatic rings. The molecular formula is C22H24N6OS. The molecule has 4 heterocycles. The number of nitrogens with zero attached hydrogens (tertiary/aromatic N) is 5. The van der Waals surface area contributed by atoms with Crippen LogP contribution in [0.4, 0.5) is 0 Å². The van der Waals surface area contributed by atoms with E-state index >= 15 is 0 Å². The molecular weight excluding hydrogens is 396 g/mol. The number of hydrogen-bond donors (Lipinski definition) is 1. The van der Waals surface area contributed by atoms with Crippen LogP contribution in [0.5, 0.6) is 0 Å². The van der Waals surface area contributed by atoms with Crippen LogP contribution in [-0.4, -0.2) is 43.1 Å². The van der Waals surface area contributed by atoms with E-state index in [0.29, 0.717) is 18.8 Å². The van der Waals surface area contributed by atoms with Crippen LogP contribution in [0.3, 0.4) is 0 Å². The number of carbonyl (C=O) groups excluding carboxylic acids is 1. The maximum absolute atomic E-state index is 13.1. The highest BCUT2D eigenvalue weighted by molar-refractivity contribution is 7.15. The van der Waals surface area contributed by atoms with E-state index in [4.69, 9.17) is 0 Å². The average Bonchev–Trinajstić information content (AvgIpc) is 3.57. The Morgan fingerprint density at radius 3 is 2.73 bits per heavy atom. The van der Waals surface area contributed by atoms with Gasteiger partial charge in [0.15, 0.2) is 10.7 Å². The summed E-state index contributed by atoms with van der Waals surface area (Å²) in [4.78, 5) is 20.6. The minimum Gasteiger partial charge on any atom is -0.337 e. The normalized spacial score (nSPS) is 15.1. The van der Waals surface area contributed by atoms with E-state index < -0.39 is 0 Å². The second-order valence-corrected chi connectivity index (χ2v) is 8.41. The predicted octanol–water partition coefficient (Wildman–Crippen LogP) is 3.36. The molecule has 0 bridgehead atoms. The number of amides is 1. The molecule has 154 valence electrons. The van der Waals surface area contributed by atoms with Crippen LogP contribution in [0.2, 0.25) is 0 Å². The number of benzene rings is 1. The minimum atomic E-state index is 0.0449. The Balaban J connectivity index is 1.42. The van der Waals surface area contributed by atoms with Crippen molar-refractivity contribution in [3.63, 3.8) is 0 Å². The first-order valence-corrected chi connectivity index (χ1v) is 11.2. The van der Waals surface area contributed by atoms with Crippen LogP contribution in [-0.2, 0) is 13.1 Å². The summed E-state index contributed by atoms with van der Waals surface area (Å²) in [5.74, 6) is 0.0449. The van der Waals surface area contributed by atoms with Crippen LogP contribution in [0.15, 0.2) is 60.4 Å². The molecule has 1 aliphatic heterocycles. The molecule has 1 aromatic carbocycles. The van der Waals surface area contributed by atoms with Gasteiger partial charge in [0.2, 0.25) is 0 Å². The molecule has 1 N–H and O–H groups in total. The fourth-order valence-electron chi connectivity index (χ4n) is 4.03. The highest BCUT2D eigenvalue weighted by Crippen LogP contribution is 2.22. The van der Waals surface area contributed by atoms with E-state index in [1.54, 1.807) is 17.5 Å². The van der Waals surface area contributed by atoms with Gasteiger partial charge >= 0.3 is 0 Å². The molecule has 0 spiro atoms. The number of likely N-dealkylation sites (tertiary alicyclic amines) is 1. The van der Waals surface area contributed by atoms with E-state index in [1.807, 2.05) is 56.0 Å². The van der Waals surface area contributed by atoms with Crippen molar-refractivity contribution in [2.75, 3.05) is 13.1 Å². The molecule has 1 aliphatic rings. The van der Waals surface area contributed by atoms with Crippen LogP contribution in [0, 0.1) is 0 Å². The maximum atomic E-state index is 13.1. The maximum Gasteiger partial charge on any atom is 0.274 e. The highest BCUT2D eigenvalue weighted by atomic mass is 32.1. The Hall–Kier alpha value is -2.97. The quantitative estimate of drug-likeness (QED) is 0.498. The third-order valence-corrected chi connectivity index (χ3v) is 6.36. The lowest BCUT2D eigenvalue weighted by Gasteiger charge is -2.20. The van der Waals surface area contributed by atoms with Crippen molar-refractivity contribution in [2.24, 2.45) is 0 Å². The van der Waals surface area contributed by atoms with Crippen LogP contribution in [0.25, 0.3) is 4.96 Å². The molecule has 0 saturated carbocycles. The summed E-state index contributed by atoms with van der Waals surface area (Å²) in [7, 11) is 0. The number of carbonyl (C=O) groups is 1. The molecule has 1 amide bonds. The zero-order chi connectivity index (χ0) is 20.3. The summed E-state index contributed by atoms with van der Waals surface area (Å²) < 4.78 is 3.97. The lowest BCUT2D eigenvalue weighted by atomic mass is 10.1. The topological polar surface area (TPSA) is 67.5 Å². The molecule has 1 saturated heterocycles. The van der Waals surface area contributed by atoms with Crippen molar-refractivity contribution < 1.29 is 4.79 Å². The van der Waals surface area contributed by atoms with Crippen LogP contribution in [0.1, 0.15) is 40.6 Å². The van der Waals surface area contributed by atoms with Gasteiger partial charge in [-0.2, -0.15) is 5.10 Å². The van der Waals surface area contributed by atoms with E-state index in [1.165, 1.54) is 5.56 Å². The Bertz CT molecular complexity index is 1110. The third kappa shape index (κ3) is 3.76. The van der Waals surface area contributed by atoms with Gasteiger partial charge in [0.1, 0.15) is 0 Å². The molecule has 3 aromatic heterocycles. The van der Waals surface area contributed by atoms with Crippen molar-refractivity contribution in [1.29, 1.82) is 0 Å². The first kappa shape index (κ1) is 19.0. The van der Waals surface area contributed by atoms with Gasteiger partial charge in [-0.25, -0.2) is 4.98 Å². The predicted molar refractivity (Wildman–Crippen MR) is 116 cm³/mol. The second-order valence-electron chi connectivity index (χ2n) is 7.53. The number of aromatic nitrogens is 4. The minimum absolute atomic E-state index is 0.0449. The summed E-state index contributed by atoms with van der Waals surface area (Å²) >= 11 is 1.56. The van der Waals surface area contributed by atoms with Gasteiger partial charge in [-0.05, 0) is 24.5 Å². The fourth-order valence-corrected chi connectivity index (χ4v) is 4.76. The molecule has 0 radical (unpaired) electrons. The van der Waals surface area contributed by atoms with Crippen molar-refractivity contribution in [3.05, 3.63) is 77.3 Å². The molecule has 0 aliphatic carbocycles. The van der Waals surface area contributed by atoms with Gasteiger partial charge in [0, 0.05) is 43.6 Å². The number of thiazole rings is 1. The van der Waals surface area contributed by atoms with Gasteiger partial charge in [-0.15, -0.1) is 11.3 Å². The standard InChI is InChI=1S/C22H24N6OS/c29-21(26-10-4-5-11-26)20-19(28-13-14-30-22(28)25-20)15-23-18(16-27-12-6-9-24-27)17-7-2-1-3-8-17/h1-3,6-9,12-14,18,23H,4-5,10-11,15-16H2/t18-/m1/s1. The summed E-state index contributed by atoms with van der Waals surface area (Å²) in [5.41, 5.74) is 2.68. The smallest absolute Gasteiger partial charge is 0.274 e. The lowest BCUT2D eigenvalue weighted by Crippen LogP contribution is -2.31. The van der Waals surface area contributed by atoms with Crippen molar-refractivity contribution in [1.82, 2.24) is 29.4 Å². The zero-order valence-corrected chi connectivity index (χ0v) is 17.5. The Morgan fingerprint density at radius 2 is 1.97 bits per heavy atom. The second kappa shape index (κ2) is 8.41. The van der Waals surface area contributed by atoms with E-state index in [2.05, 4.69) is 27.5 Å². The molecule has 1 atom stereocenters. The van der Waals surface area contributed by atoms with Gasteiger partial charge in [-0.3, -0.25) is 13.9 Å². The number of hydrogen-bond acceptors (Lipinski definition) is 5. The Morgan fingerprint density at radius 1 is 1.13 bits per heavy atom. The fraction of sp³-hybridized carbons (Fsp3) is 0.318. The lowest BCUT2D eigenvalue weighted by molar-refractivity contribution is 0.0786. The summed E-state index contributed by atoms with van der Waals surface area (Å²) in [6.45, 7) is 2.90. The van der Waals surface area contributed by atoms with Gasteiger partial charge in [-0.1, -0.05) is 30.3 Å². The zero-order valence-electron chi connectivity index (χ0n) is 16.6. The summed E-state index contributed by atoms with van der Waals surface area (Å²) in [6, 6.07) is 12.3. The number of rotatable bonds is 7. The largest absolute Gasteiger partial charge is 0.337 e. The Labute approximate surface area is 179 Å². The van der Waals surface area contributed by atoms with Gasteiger partial charge in [0.05, 0.1) is 18.3 Å². The first-order chi connectivity index (χ1) is 14.8. The third-order valence-electron chi connectivity index (χ3n) is 5.60. The molecule has 1 fully saturated rings. The molecule has 30 heavy (non-hydrogen) atoms. The van der Waals surface area contributed by atoms with Gasteiger partial charge < -0.3 is 10.2 Å². The number of fused-ring (bicyclic) bond motifs is 1. The number of nitrogens with one attached hydrogen (secondary N) is 1. The van der Waals surface area contributed by atoms with Crippen molar-refractivity contribution in [2.45, 2.75) is 32.0 Å².